The van der Waals surface area contributed by atoms with E-state index in [2.05, 4.69) is 21.2 Å². The van der Waals surface area contributed by atoms with Gasteiger partial charge in [0.25, 0.3) is 5.82 Å². The van der Waals surface area contributed by atoms with E-state index < -0.39 is 23.3 Å². The van der Waals surface area contributed by atoms with E-state index in [1.165, 1.54) is 31.1 Å². The summed E-state index contributed by atoms with van der Waals surface area (Å²) in [5, 5.41) is 33.2. The lowest BCUT2D eigenvalue weighted by Gasteiger charge is -2.41. The standard InChI is InChI=1S/C14H15N5O4/c1-4-5-18-6-15-8-9(18)16-7-19-10(8)17-13(2,12(21)22)11(20)14(19,3)23/h1,6-7,11,20,23H,5H2,2-3H3,(H,21,22)/p+1/t11-,13+,14-/m1/s1. The molecule has 0 radical (unpaired) electrons. The molecule has 0 saturated heterocycles. The Labute approximate surface area is 131 Å². The van der Waals surface area contributed by atoms with Gasteiger partial charge in [-0.2, -0.15) is 0 Å². The smallest absolute Gasteiger partial charge is 0.346 e. The zero-order valence-corrected chi connectivity index (χ0v) is 12.6. The van der Waals surface area contributed by atoms with E-state index in [1.807, 2.05) is 0 Å². The highest BCUT2D eigenvalue weighted by atomic mass is 16.4. The predicted octanol–water partition coefficient (Wildman–Crippen LogP) is -1.35. The molecule has 3 atom stereocenters. The van der Waals surface area contributed by atoms with E-state index in [0.717, 1.165) is 0 Å². The molecular formula is C14H16N5O4+. The number of aliphatic hydroxyl groups excluding tert-OH is 1. The Kier molecular flexibility index (Phi) is 3.07. The van der Waals surface area contributed by atoms with Gasteiger partial charge >= 0.3 is 5.97 Å². The minimum absolute atomic E-state index is 0.242. The zero-order valence-electron chi connectivity index (χ0n) is 12.6. The van der Waals surface area contributed by atoms with Crippen molar-refractivity contribution in [3.05, 3.63) is 12.7 Å². The summed E-state index contributed by atoms with van der Waals surface area (Å²) >= 11 is 0. The molecule has 9 heteroatoms. The van der Waals surface area contributed by atoms with Crippen molar-refractivity contribution >= 4 is 23.0 Å². The van der Waals surface area contributed by atoms with Gasteiger partial charge in [0, 0.05) is 6.92 Å². The average molecular weight is 318 g/mol. The number of carboxylic acids is 1. The summed E-state index contributed by atoms with van der Waals surface area (Å²) in [7, 11) is 0. The number of aromatic nitrogens is 4. The molecule has 9 nitrogen and oxygen atoms in total. The molecule has 0 unspecified atom stereocenters. The van der Waals surface area contributed by atoms with Gasteiger partial charge in [-0.1, -0.05) is 10.9 Å². The summed E-state index contributed by atoms with van der Waals surface area (Å²) in [5.41, 5.74) is -2.89. The van der Waals surface area contributed by atoms with E-state index in [4.69, 9.17) is 6.42 Å². The highest BCUT2D eigenvalue weighted by Crippen LogP contribution is 2.33. The second kappa shape index (κ2) is 4.65. The summed E-state index contributed by atoms with van der Waals surface area (Å²) in [4.78, 5) is 20.0. The molecule has 0 amide bonds. The first kappa shape index (κ1) is 15.2. The van der Waals surface area contributed by atoms with Crippen LogP contribution in [0.2, 0.25) is 0 Å². The van der Waals surface area contributed by atoms with Gasteiger partial charge in [-0.3, -0.25) is 9.88 Å². The van der Waals surface area contributed by atoms with E-state index in [0.29, 0.717) is 11.2 Å². The monoisotopic (exact) mass is 318 g/mol. The van der Waals surface area contributed by atoms with Gasteiger partial charge in [0.15, 0.2) is 11.6 Å². The predicted molar refractivity (Wildman–Crippen MR) is 78.1 cm³/mol. The highest BCUT2D eigenvalue weighted by molar-refractivity contribution is 5.88. The number of hydrogen-bond acceptors (Lipinski definition) is 6. The number of hydrogen-bond donors (Lipinski definition) is 4. The third-order valence-corrected chi connectivity index (χ3v) is 4.21. The number of rotatable bonds is 2. The molecule has 0 aliphatic carbocycles. The van der Waals surface area contributed by atoms with Gasteiger partial charge in [-0.05, 0) is 6.92 Å². The normalized spacial score (nSPS) is 29.6. The maximum absolute atomic E-state index is 11.6. The van der Waals surface area contributed by atoms with Crippen LogP contribution in [-0.4, -0.2) is 47.5 Å². The zero-order chi connectivity index (χ0) is 17.0. The lowest BCUT2D eigenvalue weighted by molar-refractivity contribution is -0.807. The number of anilines is 1. The van der Waals surface area contributed by atoms with Crippen molar-refractivity contribution in [3.8, 4) is 12.3 Å². The summed E-state index contributed by atoms with van der Waals surface area (Å²) in [6, 6.07) is 0. The van der Waals surface area contributed by atoms with Crippen LogP contribution in [0.1, 0.15) is 13.8 Å². The van der Waals surface area contributed by atoms with Crippen LogP contribution in [0.3, 0.4) is 0 Å². The molecule has 3 rings (SSSR count). The lowest BCUT2D eigenvalue weighted by Crippen LogP contribution is -2.75. The molecule has 0 saturated carbocycles. The largest absolute Gasteiger partial charge is 0.478 e. The second-order valence-electron chi connectivity index (χ2n) is 5.84. The Balaban J connectivity index is 2.29. The number of carboxylic acid groups (broad SMARTS) is 1. The van der Waals surface area contributed by atoms with Crippen molar-refractivity contribution in [2.75, 3.05) is 5.32 Å². The molecule has 120 valence electrons. The van der Waals surface area contributed by atoms with Crippen molar-refractivity contribution in [2.24, 2.45) is 0 Å². The van der Waals surface area contributed by atoms with Crippen LogP contribution in [0, 0.1) is 12.3 Å². The number of carbonyl (C=O) groups is 1. The summed E-state index contributed by atoms with van der Waals surface area (Å²) in [6.45, 7) is 2.86. The number of terminal acetylenes is 1. The minimum Gasteiger partial charge on any atom is -0.478 e. The van der Waals surface area contributed by atoms with Crippen LogP contribution < -0.4 is 9.88 Å². The van der Waals surface area contributed by atoms with E-state index in [-0.39, 0.29) is 12.4 Å². The third kappa shape index (κ3) is 1.89. The maximum atomic E-state index is 11.6. The van der Waals surface area contributed by atoms with Crippen LogP contribution in [0.5, 0.6) is 0 Å². The van der Waals surface area contributed by atoms with Crippen molar-refractivity contribution < 1.29 is 24.7 Å². The first-order chi connectivity index (χ1) is 10.7. The third-order valence-electron chi connectivity index (χ3n) is 4.21. The van der Waals surface area contributed by atoms with E-state index in [9.17, 15) is 20.1 Å². The van der Waals surface area contributed by atoms with Gasteiger partial charge in [-0.25, -0.2) is 14.3 Å². The van der Waals surface area contributed by atoms with E-state index in [1.54, 1.807) is 4.57 Å². The molecule has 2 aromatic rings. The molecule has 0 aromatic carbocycles. The van der Waals surface area contributed by atoms with E-state index >= 15 is 0 Å². The lowest BCUT2D eigenvalue weighted by atomic mass is 9.85. The maximum Gasteiger partial charge on any atom is 0.346 e. The van der Waals surface area contributed by atoms with Crippen molar-refractivity contribution in [2.45, 2.75) is 37.8 Å². The fourth-order valence-corrected chi connectivity index (χ4v) is 2.80. The van der Waals surface area contributed by atoms with Gasteiger partial charge in [0.05, 0.1) is 12.9 Å². The van der Waals surface area contributed by atoms with Gasteiger partial charge in [0.2, 0.25) is 23.2 Å². The molecule has 0 bridgehead atoms. The fraction of sp³-hybridized carbons (Fsp3) is 0.429. The molecule has 1 aliphatic rings. The van der Waals surface area contributed by atoms with Crippen LogP contribution in [0.4, 0.5) is 5.82 Å². The van der Waals surface area contributed by atoms with Crippen LogP contribution in [-0.2, 0) is 17.1 Å². The number of fused-ring (bicyclic) bond motifs is 3. The van der Waals surface area contributed by atoms with Crippen LogP contribution >= 0.6 is 0 Å². The highest BCUT2D eigenvalue weighted by Gasteiger charge is 2.59. The Morgan fingerprint density at radius 1 is 1.57 bits per heavy atom. The second-order valence-corrected chi connectivity index (χ2v) is 5.84. The topological polar surface area (TPSA) is 124 Å². The van der Waals surface area contributed by atoms with Gasteiger partial charge in [-0.15, -0.1) is 6.42 Å². The average Bonchev–Trinajstić information content (AvgIpc) is 2.89. The molecule has 23 heavy (non-hydrogen) atoms. The summed E-state index contributed by atoms with van der Waals surface area (Å²) in [6.07, 6.45) is 6.47. The molecular weight excluding hydrogens is 302 g/mol. The quantitative estimate of drug-likeness (QED) is 0.398. The van der Waals surface area contributed by atoms with Crippen molar-refractivity contribution in [1.82, 2.24) is 14.5 Å². The Morgan fingerprint density at radius 2 is 2.26 bits per heavy atom. The van der Waals surface area contributed by atoms with Crippen LogP contribution in [0.25, 0.3) is 11.2 Å². The molecule has 4 N–H and O–H groups in total. The van der Waals surface area contributed by atoms with Crippen LogP contribution in [0.15, 0.2) is 12.7 Å². The Morgan fingerprint density at radius 3 is 2.87 bits per heavy atom. The molecule has 3 heterocycles. The fourth-order valence-electron chi connectivity index (χ4n) is 2.80. The summed E-state index contributed by atoms with van der Waals surface area (Å²) in [5.74, 6) is 1.41. The summed E-state index contributed by atoms with van der Waals surface area (Å²) < 4.78 is 2.88. The Bertz CT molecular complexity index is 853. The molecule has 0 spiro atoms. The number of aliphatic carboxylic acids is 1. The number of aliphatic hydroxyl groups is 2. The molecule has 2 aromatic heterocycles. The number of nitrogens with one attached hydrogen (secondary N) is 1. The number of imidazole rings is 1. The first-order valence-corrected chi connectivity index (χ1v) is 6.85. The minimum atomic E-state index is -1.88. The van der Waals surface area contributed by atoms with Crippen molar-refractivity contribution in [3.63, 3.8) is 0 Å². The first-order valence-electron chi connectivity index (χ1n) is 6.85. The Hall–Kier alpha value is -2.70. The SMILES string of the molecule is C#CCn1cnc2c3[n+](cnc21)[C@](C)(O)[C@H](O)[C@@](C)(C(=O)O)N3. The molecule has 0 fully saturated rings. The number of nitrogens with zero attached hydrogens (tertiary/aromatic N) is 4. The molecule has 1 aliphatic heterocycles. The van der Waals surface area contributed by atoms with Gasteiger partial charge in [0.1, 0.15) is 0 Å². The van der Waals surface area contributed by atoms with Crippen molar-refractivity contribution in [1.29, 1.82) is 0 Å². The van der Waals surface area contributed by atoms with Gasteiger partial charge < -0.3 is 15.3 Å².